The summed E-state index contributed by atoms with van der Waals surface area (Å²) in [7, 11) is -4.25. The molecule has 7 nitrogen and oxygen atoms in total. The molecule has 0 aromatic heterocycles. The van der Waals surface area contributed by atoms with Crippen LogP contribution in [0.25, 0.3) is 0 Å². The Kier molecular flexibility index (Phi) is 4.61. The summed E-state index contributed by atoms with van der Waals surface area (Å²) >= 11 is 0. The maximum absolute atomic E-state index is 11.0. The fraction of sp³-hybridized carbons (Fsp3) is 0.200. The first kappa shape index (κ1) is 14.4. The van der Waals surface area contributed by atoms with Crippen LogP contribution in [0.1, 0.15) is 5.56 Å². The Bertz CT molecular complexity index is 486. The predicted octanol–water partition coefficient (Wildman–Crippen LogP) is 0.395. The second-order valence-electron chi connectivity index (χ2n) is 3.55. The maximum atomic E-state index is 11.0. The van der Waals surface area contributed by atoms with E-state index in [-0.39, 0.29) is 18.2 Å². The summed E-state index contributed by atoms with van der Waals surface area (Å²) in [5.41, 5.74) is 5.98. The molecule has 0 fully saturated rings. The van der Waals surface area contributed by atoms with E-state index in [1.165, 1.54) is 24.3 Å². The normalized spacial score (nSPS) is 15.4. The maximum Gasteiger partial charge on any atom is 0.440 e. The van der Waals surface area contributed by atoms with E-state index in [4.69, 9.17) is 15.7 Å². The van der Waals surface area contributed by atoms with Crippen LogP contribution in [-0.4, -0.2) is 28.0 Å². The summed E-state index contributed by atoms with van der Waals surface area (Å²) < 4.78 is 15.5. The number of rotatable bonds is 6. The van der Waals surface area contributed by atoms with Gasteiger partial charge in [-0.25, -0.2) is 4.57 Å². The van der Waals surface area contributed by atoms with Gasteiger partial charge in [-0.2, -0.15) is 0 Å². The lowest BCUT2D eigenvalue weighted by Crippen LogP contribution is -2.32. The van der Waals surface area contributed by atoms with Crippen LogP contribution in [0.2, 0.25) is 0 Å². The lowest BCUT2D eigenvalue weighted by atomic mass is 10.1. The van der Waals surface area contributed by atoms with Crippen molar-refractivity contribution in [3.63, 3.8) is 0 Å². The Labute approximate surface area is 103 Å². The molecule has 0 aliphatic carbocycles. The van der Waals surface area contributed by atoms with E-state index < -0.39 is 19.6 Å². The molecule has 18 heavy (non-hydrogen) atoms. The van der Waals surface area contributed by atoms with Crippen molar-refractivity contribution in [3.8, 4) is 5.75 Å². The Morgan fingerprint density at radius 2 is 2.00 bits per heavy atom. The fourth-order valence-electron chi connectivity index (χ4n) is 1.20. The topological polar surface area (TPSA) is 127 Å². The van der Waals surface area contributed by atoms with E-state index in [1.54, 1.807) is 0 Å². The molecule has 0 radical (unpaired) electrons. The molecule has 1 aromatic carbocycles. The average Bonchev–Trinajstić information content (AvgIpc) is 2.31. The molecule has 0 spiro atoms. The Balaban J connectivity index is 2.71. The summed E-state index contributed by atoms with van der Waals surface area (Å²) in [5.74, 6) is -1.07. The van der Waals surface area contributed by atoms with Gasteiger partial charge in [0, 0.05) is 0 Å². The zero-order valence-corrected chi connectivity index (χ0v) is 10.1. The van der Waals surface area contributed by atoms with Crippen molar-refractivity contribution in [2.24, 2.45) is 5.73 Å². The lowest BCUT2D eigenvalue weighted by Gasteiger charge is -2.09. The zero-order valence-electron chi connectivity index (χ0n) is 9.22. The van der Waals surface area contributed by atoms with Crippen molar-refractivity contribution in [1.29, 1.82) is 0 Å². The molecular formula is C10H12NO6P. The van der Waals surface area contributed by atoms with Crippen LogP contribution < -0.4 is 10.3 Å². The molecule has 0 saturated heterocycles. The molecule has 8 heteroatoms. The lowest BCUT2D eigenvalue weighted by molar-refractivity contribution is -0.138. The smallest absolute Gasteiger partial charge is 0.440 e. The van der Waals surface area contributed by atoms with Crippen molar-refractivity contribution >= 4 is 19.6 Å². The molecule has 4 N–H and O–H groups in total. The van der Waals surface area contributed by atoms with Crippen LogP contribution in [0.3, 0.4) is 0 Å². The third kappa shape index (κ3) is 4.29. The standard InChI is InChI=1S/C10H12NO6P/c11-9(10(13)14)5-7-1-3-8(4-2-7)17-18(15,16)6-12/h1-4,6,9H,5,11H2,(H,13,14)(H,15,16)/t9-/m0/s1. The minimum absolute atomic E-state index is 0.0422. The molecule has 0 heterocycles. The first-order chi connectivity index (χ1) is 8.34. The number of hydrogen-bond acceptors (Lipinski definition) is 5. The molecule has 2 atom stereocenters. The van der Waals surface area contributed by atoms with Crippen LogP contribution in [-0.2, 0) is 20.6 Å². The van der Waals surface area contributed by atoms with Gasteiger partial charge in [-0.15, -0.1) is 0 Å². The van der Waals surface area contributed by atoms with Gasteiger partial charge in [0.2, 0.25) is 6.03 Å². The van der Waals surface area contributed by atoms with Gasteiger partial charge in [0.05, 0.1) is 0 Å². The monoisotopic (exact) mass is 273 g/mol. The Morgan fingerprint density at radius 1 is 1.44 bits per heavy atom. The zero-order chi connectivity index (χ0) is 13.8. The molecule has 0 aliphatic rings. The number of aliphatic carboxylic acids is 1. The Morgan fingerprint density at radius 3 is 2.44 bits per heavy atom. The number of hydrogen-bond donors (Lipinski definition) is 3. The Hall–Kier alpha value is -1.69. The highest BCUT2D eigenvalue weighted by Gasteiger charge is 2.19. The fourth-order valence-corrected chi connectivity index (χ4v) is 1.67. The SMILES string of the molecule is N[C@@H](Cc1ccc(OP(=O)(O)C=O)cc1)C(=O)O. The van der Waals surface area contributed by atoms with Crippen molar-refractivity contribution < 1.29 is 28.7 Å². The molecule has 0 saturated carbocycles. The highest BCUT2D eigenvalue weighted by Crippen LogP contribution is 2.38. The number of nitrogens with two attached hydrogens (primary N) is 1. The van der Waals surface area contributed by atoms with E-state index in [0.29, 0.717) is 5.56 Å². The van der Waals surface area contributed by atoms with Crippen molar-refractivity contribution in [1.82, 2.24) is 0 Å². The molecule has 0 amide bonds. The number of carbonyl (C=O) groups is 2. The third-order valence-corrected chi connectivity index (χ3v) is 2.80. The summed E-state index contributed by atoms with van der Waals surface area (Å²) in [6.45, 7) is 0. The number of benzene rings is 1. The minimum Gasteiger partial charge on any atom is -0.480 e. The van der Waals surface area contributed by atoms with Gasteiger partial charge in [-0.1, -0.05) is 12.1 Å². The highest BCUT2D eigenvalue weighted by molar-refractivity contribution is 7.68. The first-order valence-corrected chi connectivity index (χ1v) is 6.54. The van der Waals surface area contributed by atoms with Gasteiger partial charge >= 0.3 is 13.6 Å². The van der Waals surface area contributed by atoms with Crippen molar-refractivity contribution in [2.75, 3.05) is 0 Å². The summed E-state index contributed by atoms with van der Waals surface area (Å²) in [6, 6.07) is 4.54. The number of carbonyl (C=O) groups excluding carboxylic acids is 1. The molecule has 0 bridgehead atoms. The van der Waals surface area contributed by atoms with Gasteiger partial charge in [-0.05, 0) is 24.1 Å². The molecular weight excluding hydrogens is 261 g/mol. The average molecular weight is 273 g/mol. The van der Waals surface area contributed by atoms with E-state index >= 15 is 0 Å². The first-order valence-electron chi connectivity index (χ1n) is 4.90. The van der Waals surface area contributed by atoms with E-state index in [9.17, 15) is 14.2 Å². The quantitative estimate of drug-likeness (QED) is 0.505. The third-order valence-electron chi connectivity index (χ3n) is 2.07. The van der Waals surface area contributed by atoms with Crippen LogP contribution in [0.4, 0.5) is 0 Å². The molecule has 1 aromatic rings. The number of carboxylic acids is 1. The van der Waals surface area contributed by atoms with Gasteiger partial charge in [0.15, 0.2) is 0 Å². The second-order valence-corrected chi connectivity index (χ2v) is 5.08. The second kappa shape index (κ2) is 5.77. The van der Waals surface area contributed by atoms with E-state index in [0.717, 1.165) is 0 Å². The van der Waals surface area contributed by atoms with Gasteiger partial charge in [-0.3, -0.25) is 9.59 Å². The predicted molar refractivity (Wildman–Crippen MR) is 63.0 cm³/mol. The minimum atomic E-state index is -4.25. The van der Waals surface area contributed by atoms with E-state index in [1.807, 2.05) is 0 Å². The van der Waals surface area contributed by atoms with Gasteiger partial charge in [0.25, 0.3) is 0 Å². The van der Waals surface area contributed by atoms with Crippen LogP contribution in [0.5, 0.6) is 5.75 Å². The van der Waals surface area contributed by atoms with Crippen LogP contribution in [0, 0.1) is 0 Å². The largest absolute Gasteiger partial charge is 0.480 e. The molecule has 1 unspecified atom stereocenters. The summed E-state index contributed by atoms with van der Waals surface area (Å²) in [4.78, 5) is 29.7. The number of carboxylic acid groups (broad SMARTS) is 1. The van der Waals surface area contributed by atoms with Crippen molar-refractivity contribution in [2.45, 2.75) is 12.5 Å². The highest BCUT2D eigenvalue weighted by atomic mass is 31.2. The summed E-state index contributed by atoms with van der Waals surface area (Å²) in [5, 5.41) is 8.62. The van der Waals surface area contributed by atoms with Gasteiger partial charge in [0.1, 0.15) is 11.8 Å². The van der Waals surface area contributed by atoms with Crippen molar-refractivity contribution in [3.05, 3.63) is 29.8 Å². The van der Waals surface area contributed by atoms with E-state index in [2.05, 4.69) is 4.52 Å². The molecule has 98 valence electrons. The summed E-state index contributed by atoms with van der Waals surface area (Å²) in [6.07, 6.45) is 0.125. The molecule has 0 aliphatic heterocycles. The van der Waals surface area contributed by atoms with Gasteiger partial charge < -0.3 is 20.3 Å². The van der Waals surface area contributed by atoms with Crippen LogP contribution >= 0.6 is 7.60 Å². The molecule has 1 rings (SSSR count). The van der Waals surface area contributed by atoms with Crippen LogP contribution in [0.15, 0.2) is 24.3 Å².